The maximum atomic E-state index is 12.4. The molecule has 0 saturated carbocycles. The Morgan fingerprint density at radius 3 is 2.50 bits per heavy atom. The largest absolute Gasteiger partial charge is 0.478 e. The highest BCUT2D eigenvalue weighted by Gasteiger charge is 2.30. The number of benzene rings is 1. The zero-order valence-corrected chi connectivity index (χ0v) is 15.0. The van der Waals surface area contributed by atoms with E-state index in [0.29, 0.717) is 22.1 Å². The molecule has 24 heavy (non-hydrogen) atoms. The molecule has 0 spiro atoms. The number of carbonyl (C=O) groups is 1. The van der Waals surface area contributed by atoms with E-state index in [1.54, 1.807) is 51.1 Å². The number of furan rings is 1. The molecule has 1 amide bonds. The highest BCUT2D eigenvalue weighted by molar-refractivity contribution is 6.30. The van der Waals surface area contributed by atoms with Crippen molar-refractivity contribution in [3.05, 3.63) is 52.4 Å². The monoisotopic (exact) mass is 351 g/mol. The van der Waals surface area contributed by atoms with Gasteiger partial charge in [0.2, 0.25) is 0 Å². The lowest BCUT2D eigenvalue weighted by atomic mass is 10.1. The summed E-state index contributed by atoms with van der Waals surface area (Å²) in [6.45, 7) is 6.99. The Kier molecular flexibility index (Phi) is 5.57. The van der Waals surface area contributed by atoms with Crippen molar-refractivity contribution in [2.75, 3.05) is 6.54 Å². The number of hydrogen-bond donors (Lipinski definition) is 2. The molecular formula is C18H22ClNO4. The van der Waals surface area contributed by atoms with E-state index in [4.69, 9.17) is 20.8 Å². The van der Waals surface area contributed by atoms with Gasteiger partial charge >= 0.3 is 0 Å². The smallest absolute Gasteiger partial charge is 0.263 e. The Labute approximate surface area is 146 Å². The predicted molar refractivity (Wildman–Crippen MR) is 92.3 cm³/mol. The van der Waals surface area contributed by atoms with Crippen LogP contribution in [-0.2, 0) is 4.79 Å². The van der Waals surface area contributed by atoms with Crippen LogP contribution in [0.5, 0.6) is 5.75 Å². The van der Waals surface area contributed by atoms with Gasteiger partial charge in [0.05, 0.1) is 6.10 Å². The van der Waals surface area contributed by atoms with E-state index in [9.17, 15) is 9.90 Å². The number of amides is 1. The van der Waals surface area contributed by atoms with Crippen LogP contribution in [0.15, 0.2) is 34.7 Å². The molecule has 0 aliphatic rings. The van der Waals surface area contributed by atoms with E-state index >= 15 is 0 Å². The Balaban J connectivity index is 1.95. The summed E-state index contributed by atoms with van der Waals surface area (Å²) in [4.78, 5) is 12.4. The fraction of sp³-hybridized carbons (Fsp3) is 0.389. The van der Waals surface area contributed by atoms with Crippen LogP contribution in [-0.4, -0.2) is 23.2 Å². The van der Waals surface area contributed by atoms with E-state index in [2.05, 4.69) is 5.32 Å². The molecule has 0 aliphatic carbocycles. The molecule has 0 aliphatic heterocycles. The second-order valence-electron chi connectivity index (χ2n) is 6.16. The number of carbonyl (C=O) groups excluding carboxylic acids is 1. The van der Waals surface area contributed by atoms with Gasteiger partial charge in [0, 0.05) is 17.1 Å². The lowest BCUT2D eigenvalue weighted by Gasteiger charge is -2.26. The van der Waals surface area contributed by atoms with E-state index in [-0.39, 0.29) is 12.5 Å². The molecule has 2 N–H and O–H groups in total. The molecule has 1 aromatic carbocycles. The Hall–Kier alpha value is -1.98. The quantitative estimate of drug-likeness (QED) is 0.834. The lowest BCUT2D eigenvalue weighted by molar-refractivity contribution is -0.134. The number of nitrogens with one attached hydrogen (secondary N) is 1. The molecule has 6 heteroatoms. The Bertz CT molecular complexity index is 706. The van der Waals surface area contributed by atoms with Gasteiger partial charge in [-0.05, 0) is 58.0 Å². The van der Waals surface area contributed by atoms with Crippen LogP contribution in [0.25, 0.3) is 0 Å². The molecule has 0 fully saturated rings. The van der Waals surface area contributed by atoms with Crippen LogP contribution >= 0.6 is 11.6 Å². The first kappa shape index (κ1) is 18.4. The summed E-state index contributed by atoms with van der Waals surface area (Å²) < 4.78 is 11.1. The highest BCUT2D eigenvalue weighted by atomic mass is 35.5. The first-order chi connectivity index (χ1) is 11.2. The second kappa shape index (κ2) is 7.28. The van der Waals surface area contributed by atoms with Gasteiger partial charge in [-0.3, -0.25) is 4.79 Å². The first-order valence-electron chi connectivity index (χ1n) is 7.67. The van der Waals surface area contributed by atoms with Gasteiger partial charge in [-0.25, -0.2) is 0 Å². The van der Waals surface area contributed by atoms with Crippen LogP contribution in [0.3, 0.4) is 0 Å². The lowest BCUT2D eigenvalue weighted by Crippen LogP contribution is -2.47. The van der Waals surface area contributed by atoms with Crippen LogP contribution in [0.1, 0.15) is 37.0 Å². The summed E-state index contributed by atoms with van der Waals surface area (Å²) in [5.41, 5.74) is -0.418. The molecular weight excluding hydrogens is 330 g/mol. The van der Waals surface area contributed by atoms with Crippen LogP contribution in [0, 0.1) is 13.8 Å². The Morgan fingerprint density at radius 1 is 1.33 bits per heavy atom. The van der Waals surface area contributed by atoms with E-state index < -0.39 is 11.7 Å². The number of hydrogen-bond acceptors (Lipinski definition) is 4. The van der Waals surface area contributed by atoms with Crippen LogP contribution < -0.4 is 10.1 Å². The summed E-state index contributed by atoms with van der Waals surface area (Å²) in [7, 11) is 0. The van der Waals surface area contributed by atoms with Gasteiger partial charge in [-0.15, -0.1) is 0 Å². The van der Waals surface area contributed by atoms with Crippen molar-refractivity contribution >= 4 is 17.5 Å². The number of aryl methyl sites for hydroxylation is 2. The average Bonchev–Trinajstić information content (AvgIpc) is 2.85. The zero-order chi connectivity index (χ0) is 17.9. The van der Waals surface area contributed by atoms with Crippen LogP contribution in [0.2, 0.25) is 5.02 Å². The Morgan fingerprint density at radius 2 is 1.96 bits per heavy atom. The fourth-order valence-corrected chi connectivity index (χ4v) is 2.46. The van der Waals surface area contributed by atoms with Crippen molar-refractivity contribution in [2.24, 2.45) is 0 Å². The van der Waals surface area contributed by atoms with Crippen LogP contribution in [0.4, 0.5) is 0 Å². The molecule has 0 bridgehead atoms. The minimum Gasteiger partial charge on any atom is -0.478 e. The van der Waals surface area contributed by atoms with Gasteiger partial charge in [-0.1, -0.05) is 11.6 Å². The number of rotatable bonds is 6. The molecule has 1 atom stereocenters. The highest BCUT2D eigenvalue weighted by Crippen LogP contribution is 2.23. The van der Waals surface area contributed by atoms with Crippen molar-refractivity contribution < 1.29 is 19.1 Å². The molecule has 2 aromatic rings. The molecule has 2 rings (SSSR count). The molecule has 130 valence electrons. The van der Waals surface area contributed by atoms with E-state index in [1.165, 1.54) is 0 Å². The SMILES string of the molecule is Cc1cc(C(O)CNC(=O)C(C)(C)Oc2ccc(Cl)cc2)c(C)o1. The average molecular weight is 352 g/mol. The number of halogens is 1. The number of ether oxygens (including phenoxy) is 1. The van der Waals surface area contributed by atoms with Crippen molar-refractivity contribution in [1.29, 1.82) is 0 Å². The third-order valence-electron chi connectivity index (χ3n) is 3.63. The van der Waals surface area contributed by atoms with E-state index in [0.717, 1.165) is 5.76 Å². The van der Waals surface area contributed by atoms with Gasteiger partial charge in [0.25, 0.3) is 5.91 Å². The van der Waals surface area contributed by atoms with Crippen molar-refractivity contribution in [1.82, 2.24) is 5.32 Å². The maximum absolute atomic E-state index is 12.4. The summed E-state index contributed by atoms with van der Waals surface area (Å²) in [6, 6.07) is 8.55. The topological polar surface area (TPSA) is 71.7 Å². The van der Waals surface area contributed by atoms with Gasteiger partial charge in [0.1, 0.15) is 17.3 Å². The predicted octanol–water partition coefficient (Wildman–Crippen LogP) is 3.56. The van der Waals surface area contributed by atoms with Crippen molar-refractivity contribution in [3.63, 3.8) is 0 Å². The molecule has 5 nitrogen and oxygen atoms in total. The molecule has 0 radical (unpaired) electrons. The minimum absolute atomic E-state index is 0.0755. The number of aliphatic hydroxyl groups excluding tert-OH is 1. The zero-order valence-electron chi connectivity index (χ0n) is 14.2. The molecule has 0 saturated heterocycles. The van der Waals surface area contributed by atoms with Gasteiger partial charge < -0.3 is 19.6 Å². The van der Waals surface area contributed by atoms with Crippen molar-refractivity contribution in [3.8, 4) is 5.75 Å². The molecule has 1 aromatic heterocycles. The maximum Gasteiger partial charge on any atom is 0.263 e. The second-order valence-corrected chi connectivity index (χ2v) is 6.60. The summed E-state index contributed by atoms with van der Waals surface area (Å²) >= 11 is 5.83. The first-order valence-corrected chi connectivity index (χ1v) is 8.04. The van der Waals surface area contributed by atoms with E-state index in [1.807, 2.05) is 6.92 Å². The normalized spacial score (nSPS) is 12.8. The summed E-state index contributed by atoms with van der Waals surface area (Å²) in [6.07, 6.45) is -0.835. The summed E-state index contributed by atoms with van der Waals surface area (Å²) in [5, 5.41) is 13.5. The molecule has 1 unspecified atom stereocenters. The summed E-state index contributed by atoms with van der Waals surface area (Å²) in [5.74, 6) is 1.58. The third kappa shape index (κ3) is 4.52. The fourth-order valence-electron chi connectivity index (χ4n) is 2.34. The number of aliphatic hydroxyl groups is 1. The van der Waals surface area contributed by atoms with Gasteiger partial charge in [0.15, 0.2) is 5.60 Å². The standard InChI is InChI=1S/C18H22ClNO4/c1-11-9-15(12(2)23-11)16(21)10-20-17(22)18(3,4)24-14-7-5-13(19)6-8-14/h5-9,16,21H,10H2,1-4H3,(H,20,22). The molecule has 1 heterocycles. The minimum atomic E-state index is -1.09. The van der Waals surface area contributed by atoms with Gasteiger partial charge in [-0.2, -0.15) is 0 Å². The van der Waals surface area contributed by atoms with Crippen molar-refractivity contribution in [2.45, 2.75) is 39.4 Å². The third-order valence-corrected chi connectivity index (χ3v) is 3.88.